The molecule has 2 aromatic carbocycles. The Kier molecular flexibility index (Phi) is 4.16. The zero-order valence-electron chi connectivity index (χ0n) is 12.3. The predicted molar refractivity (Wildman–Crippen MR) is 86.7 cm³/mol. The summed E-state index contributed by atoms with van der Waals surface area (Å²) in [4.78, 5) is 18.2. The maximum atomic E-state index is 12.2. The highest BCUT2D eigenvalue weighted by Gasteiger charge is 2.18. The second-order valence-electron chi connectivity index (χ2n) is 4.75. The fourth-order valence-electron chi connectivity index (χ4n) is 2.01. The number of ether oxygens (including phenoxy) is 1. The molecule has 0 saturated carbocycles. The van der Waals surface area contributed by atoms with Gasteiger partial charge in [0.05, 0.1) is 18.1 Å². The molecule has 0 saturated heterocycles. The Bertz CT molecular complexity index is 1010. The highest BCUT2D eigenvalue weighted by molar-refractivity contribution is 7.87. The summed E-state index contributed by atoms with van der Waals surface area (Å²) in [5.74, 6) is -0.523. The molecule has 0 atom stereocenters. The second kappa shape index (κ2) is 6.14. The molecule has 0 aliphatic carbocycles. The van der Waals surface area contributed by atoms with Crippen LogP contribution in [-0.4, -0.2) is 31.5 Å². The van der Waals surface area contributed by atoms with Crippen LogP contribution in [0.25, 0.3) is 11.0 Å². The molecule has 0 radical (unpaired) electrons. The molecule has 0 spiro atoms. The van der Waals surface area contributed by atoms with E-state index in [0.717, 1.165) is 0 Å². The normalized spacial score (nSPS) is 11.4. The number of esters is 1. The fraction of sp³-hybridized carbons (Fsp3) is 0.0667. The number of halogens is 1. The Morgan fingerprint density at radius 3 is 2.54 bits per heavy atom. The lowest BCUT2D eigenvalue weighted by Crippen LogP contribution is -2.09. The Morgan fingerprint density at radius 2 is 1.88 bits per heavy atom. The Morgan fingerprint density at radius 1 is 1.17 bits per heavy atom. The zero-order chi connectivity index (χ0) is 17.3. The van der Waals surface area contributed by atoms with E-state index in [0.29, 0.717) is 16.1 Å². The van der Waals surface area contributed by atoms with E-state index in [1.54, 1.807) is 0 Å². The fourth-order valence-corrected chi connectivity index (χ4v) is 3.06. The standard InChI is InChI=1S/C15H11ClN2O5S/c1-22-15(19)14-17-12-7-4-10(8-13(12)18-14)23-24(20,21)11-5-2-9(16)3-6-11/h2-8H,1H3,(H,17,18). The van der Waals surface area contributed by atoms with Crippen molar-refractivity contribution in [3.05, 3.63) is 53.3 Å². The van der Waals surface area contributed by atoms with Crippen molar-refractivity contribution in [3.8, 4) is 5.75 Å². The molecule has 9 heteroatoms. The first kappa shape index (κ1) is 16.3. The number of carbonyl (C=O) groups is 1. The van der Waals surface area contributed by atoms with Gasteiger partial charge in [-0.2, -0.15) is 8.42 Å². The number of hydrogen-bond acceptors (Lipinski definition) is 6. The van der Waals surface area contributed by atoms with Crippen molar-refractivity contribution in [2.75, 3.05) is 7.11 Å². The summed E-state index contributed by atoms with van der Waals surface area (Å²) in [6.45, 7) is 0. The number of benzene rings is 2. The third-order valence-electron chi connectivity index (χ3n) is 3.14. The van der Waals surface area contributed by atoms with Gasteiger partial charge in [-0.3, -0.25) is 0 Å². The number of hydrogen-bond donors (Lipinski definition) is 1. The van der Waals surface area contributed by atoms with Gasteiger partial charge in [0.25, 0.3) is 0 Å². The summed E-state index contributed by atoms with van der Waals surface area (Å²) in [6, 6.07) is 10.0. The van der Waals surface area contributed by atoms with Crippen LogP contribution in [-0.2, 0) is 14.9 Å². The second-order valence-corrected chi connectivity index (χ2v) is 6.73. The monoisotopic (exact) mass is 366 g/mol. The van der Waals surface area contributed by atoms with Crippen molar-refractivity contribution >= 4 is 38.7 Å². The number of nitrogens with one attached hydrogen (secondary N) is 1. The van der Waals surface area contributed by atoms with Crippen LogP contribution in [0.1, 0.15) is 10.6 Å². The third-order valence-corrected chi connectivity index (χ3v) is 4.65. The van der Waals surface area contributed by atoms with Gasteiger partial charge in [0.15, 0.2) is 0 Å². The van der Waals surface area contributed by atoms with Crippen LogP contribution in [0.4, 0.5) is 0 Å². The predicted octanol–water partition coefficient (Wildman–Crippen LogP) is 2.77. The smallest absolute Gasteiger partial charge is 0.374 e. The first-order chi connectivity index (χ1) is 11.4. The number of carbonyl (C=O) groups excluding carboxylic acids is 1. The number of aromatic amines is 1. The third kappa shape index (κ3) is 3.19. The number of fused-ring (bicyclic) bond motifs is 1. The molecule has 0 bridgehead atoms. The van der Waals surface area contributed by atoms with Gasteiger partial charge in [-0.1, -0.05) is 11.6 Å². The van der Waals surface area contributed by atoms with E-state index >= 15 is 0 Å². The van der Waals surface area contributed by atoms with E-state index in [-0.39, 0.29) is 16.5 Å². The highest BCUT2D eigenvalue weighted by Crippen LogP contribution is 2.23. The maximum Gasteiger partial charge on any atom is 0.374 e. The van der Waals surface area contributed by atoms with Crippen LogP contribution in [0.2, 0.25) is 5.02 Å². The Hall–Kier alpha value is -2.58. The summed E-state index contributed by atoms with van der Waals surface area (Å²) in [6.07, 6.45) is 0. The molecular formula is C15H11ClN2O5S. The lowest BCUT2D eigenvalue weighted by atomic mass is 10.3. The summed E-state index contributed by atoms with van der Waals surface area (Å²) in [5, 5.41) is 0.420. The van der Waals surface area contributed by atoms with Gasteiger partial charge < -0.3 is 13.9 Å². The molecule has 0 fully saturated rings. The quantitative estimate of drug-likeness (QED) is 0.563. The van der Waals surface area contributed by atoms with Gasteiger partial charge in [-0.05, 0) is 36.4 Å². The maximum absolute atomic E-state index is 12.2. The topological polar surface area (TPSA) is 98.3 Å². The SMILES string of the molecule is COC(=O)c1nc2ccc(OS(=O)(=O)c3ccc(Cl)cc3)cc2[nH]1. The van der Waals surface area contributed by atoms with E-state index in [4.69, 9.17) is 15.8 Å². The van der Waals surface area contributed by atoms with E-state index in [2.05, 4.69) is 14.7 Å². The number of H-pyrrole nitrogens is 1. The van der Waals surface area contributed by atoms with Crippen molar-refractivity contribution in [2.24, 2.45) is 0 Å². The summed E-state index contributed by atoms with van der Waals surface area (Å²) in [7, 11) is -2.76. The molecule has 1 N–H and O–H groups in total. The van der Waals surface area contributed by atoms with Crippen molar-refractivity contribution in [1.82, 2.24) is 9.97 Å². The van der Waals surface area contributed by atoms with Gasteiger partial charge in [-0.25, -0.2) is 9.78 Å². The molecule has 1 aromatic heterocycles. The van der Waals surface area contributed by atoms with Crippen molar-refractivity contribution < 1.29 is 22.1 Å². The summed E-state index contributed by atoms with van der Waals surface area (Å²) >= 11 is 5.74. The molecule has 124 valence electrons. The summed E-state index contributed by atoms with van der Waals surface area (Å²) < 4.78 is 34.2. The average molecular weight is 367 g/mol. The van der Waals surface area contributed by atoms with Gasteiger partial charge >= 0.3 is 16.1 Å². The van der Waals surface area contributed by atoms with Crippen LogP contribution in [0, 0.1) is 0 Å². The van der Waals surface area contributed by atoms with Crippen molar-refractivity contribution in [1.29, 1.82) is 0 Å². The Labute approximate surface area is 142 Å². The molecule has 0 aliphatic rings. The molecule has 3 rings (SSSR count). The van der Waals surface area contributed by atoms with Crippen LogP contribution in [0.5, 0.6) is 5.75 Å². The first-order valence-electron chi connectivity index (χ1n) is 6.67. The summed E-state index contributed by atoms with van der Waals surface area (Å²) in [5.41, 5.74) is 0.922. The van der Waals surface area contributed by atoms with E-state index in [1.807, 2.05) is 0 Å². The number of imidazole rings is 1. The van der Waals surface area contributed by atoms with Crippen molar-refractivity contribution in [3.63, 3.8) is 0 Å². The molecular weight excluding hydrogens is 356 g/mol. The molecule has 0 unspecified atom stereocenters. The Balaban J connectivity index is 1.92. The number of methoxy groups -OCH3 is 1. The first-order valence-corrected chi connectivity index (χ1v) is 8.46. The van der Waals surface area contributed by atoms with Crippen LogP contribution < -0.4 is 4.18 Å². The molecule has 3 aromatic rings. The molecule has 0 amide bonds. The van der Waals surface area contributed by atoms with Gasteiger partial charge in [0.1, 0.15) is 10.6 Å². The van der Waals surface area contributed by atoms with Crippen molar-refractivity contribution in [2.45, 2.75) is 4.90 Å². The zero-order valence-corrected chi connectivity index (χ0v) is 13.9. The van der Waals surface area contributed by atoms with Crippen LogP contribution in [0.15, 0.2) is 47.4 Å². The average Bonchev–Trinajstić information content (AvgIpc) is 2.97. The molecule has 1 heterocycles. The lowest BCUT2D eigenvalue weighted by molar-refractivity contribution is 0.0588. The van der Waals surface area contributed by atoms with E-state index < -0.39 is 16.1 Å². The number of nitrogens with zero attached hydrogens (tertiary/aromatic N) is 1. The largest absolute Gasteiger partial charge is 0.463 e. The van der Waals surface area contributed by atoms with Gasteiger partial charge in [-0.15, -0.1) is 0 Å². The minimum absolute atomic E-state index is 0.0187. The highest BCUT2D eigenvalue weighted by atomic mass is 35.5. The van der Waals surface area contributed by atoms with Gasteiger partial charge in [0.2, 0.25) is 5.82 Å². The van der Waals surface area contributed by atoms with Crippen LogP contribution >= 0.6 is 11.6 Å². The minimum Gasteiger partial charge on any atom is -0.463 e. The van der Waals surface area contributed by atoms with E-state index in [1.165, 1.54) is 49.6 Å². The minimum atomic E-state index is -4.00. The number of aromatic nitrogens is 2. The van der Waals surface area contributed by atoms with Gasteiger partial charge in [0, 0.05) is 11.1 Å². The van der Waals surface area contributed by atoms with E-state index in [9.17, 15) is 13.2 Å². The molecule has 24 heavy (non-hydrogen) atoms. The number of rotatable bonds is 4. The molecule has 7 nitrogen and oxygen atoms in total. The molecule has 0 aliphatic heterocycles. The van der Waals surface area contributed by atoms with Crippen LogP contribution in [0.3, 0.4) is 0 Å². The lowest BCUT2D eigenvalue weighted by Gasteiger charge is -2.07.